The highest BCUT2D eigenvalue weighted by molar-refractivity contribution is 5.40. The second-order valence-electron chi connectivity index (χ2n) is 4.61. The molecule has 0 saturated heterocycles. The van der Waals surface area contributed by atoms with Crippen LogP contribution in [-0.2, 0) is 6.18 Å². The van der Waals surface area contributed by atoms with Crippen LogP contribution in [0, 0.1) is 0 Å². The van der Waals surface area contributed by atoms with E-state index in [2.05, 4.69) is 0 Å². The second kappa shape index (κ2) is 4.59. The van der Waals surface area contributed by atoms with Gasteiger partial charge in [-0.3, -0.25) is 0 Å². The number of alkyl halides is 3. The first kappa shape index (κ1) is 12.3. The summed E-state index contributed by atoms with van der Waals surface area (Å²) in [7, 11) is 0. The Labute approximate surface area is 98.3 Å². The normalized spacial score (nSPS) is 18.3. The molecule has 1 nitrogen and oxygen atoms in total. The molecule has 2 rings (SSSR count). The SMILES string of the molecule is Oc1cc(C(F)(F)F)ccc1C1CCCCC1. The molecule has 0 atom stereocenters. The van der Waals surface area contributed by atoms with E-state index in [0.29, 0.717) is 5.56 Å². The summed E-state index contributed by atoms with van der Waals surface area (Å²) in [6.07, 6.45) is 0.884. The summed E-state index contributed by atoms with van der Waals surface area (Å²) < 4.78 is 37.3. The van der Waals surface area contributed by atoms with Crippen molar-refractivity contribution in [2.24, 2.45) is 0 Å². The minimum absolute atomic E-state index is 0.214. The third kappa shape index (κ3) is 2.73. The molecule has 1 aliphatic carbocycles. The number of hydrogen-bond acceptors (Lipinski definition) is 1. The van der Waals surface area contributed by atoms with E-state index in [0.717, 1.165) is 37.8 Å². The summed E-state index contributed by atoms with van der Waals surface area (Å²) in [5.41, 5.74) is -0.118. The van der Waals surface area contributed by atoms with E-state index in [9.17, 15) is 18.3 Å². The van der Waals surface area contributed by atoms with Gasteiger partial charge in [0.1, 0.15) is 5.75 Å². The molecule has 4 heteroatoms. The third-order valence-corrected chi connectivity index (χ3v) is 3.40. The van der Waals surface area contributed by atoms with Gasteiger partial charge in [0.25, 0.3) is 0 Å². The van der Waals surface area contributed by atoms with Gasteiger partial charge in [-0.1, -0.05) is 25.3 Å². The van der Waals surface area contributed by atoms with Gasteiger partial charge in [0.05, 0.1) is 5.56 Å². The van der Waals surface area contributed by atoms with Crippen LogP contribution in [0.15, 0.2) is 18.2 Å². The molecular weight excluding hydrogens is 229 g/mol. The van der Waals surface area contributed by atoms with Crippen LogP contribution in [0.25, 0.3) is 0 Å². The lowest BCUT2D eigenvalue weighted by Gasteiger charge is -2.23. The van der Waals surface area contributed by atoms with Crippen molar-refractivity contribution in [1.29, 1.82) is 0 Å². The van der Waals surface area contributed by atoms with Crippen LogP contribution in [-0.4, -0.2) is 5.11 Å². The molecule has 0 heterocycles. The zero-order chi connectivity index (χ0) is 12.5. The number of hydrogen-bond donors (Lipinski definition) is 1. The molecule has 94 valence electrons. The Morgan fingerprint density at radius 2 is 1.71 bits per heavy atom. The maximum atomic E-state index is 12.4. The molecule has 0 aromatic heterocycles. The fourth-order valence-electron chi connectivity index (χ4n) is 2.48. The Hall–Kier alpha value is -1.19. The number of halogens is 3. The Balaban J connectivity index is 2.25. The lowest BCUT2D eigenvalue weighted by atomic mass is 9.83. The Kier molecular flexibility index (Phi) is 3.31. The van der Waals surface area contributed by atoms with Gasteiger partial charge in [-0.15, -0.1) is 0 Å². The van der Waals surface area contributed by atoms with Gasteiger partial charge in [0, 0.05) is 0 Å². The highest BCUT2D eigenvalue weighted by Gasteiger charge is 2.31. The summed E-state index contributed by atoms with van der Waals surface area (Å²) in [4.78, 5) is 0. The molecule has 0 unspecified atom stereocenters. The average Bonchev–Trinajstić information content (AvgIpc) is 2.29. The van der Waals surface area contributed by atoms with Crippen LogP contribution in [0.1, 0.15) is 49.1 Å². The van der Waals surface area contributed by atoms with E-state index in [4.69, 9.17) is 0 Å². The Morgan fingerprint density at radius 3 is 2.24 bits per heavy atom. The molecule has 0 radical (unpaired) electrons. The van der Waals surface area contributed by atoms with Crippen LogP contribution in [0.2, 0.25) is 0 Å². The highest BCUT2D eigenvalue weighted by atomic mass is 19.4. The van der Waals surface area contributed by atoms with Gasteiger partial charge in [0.15, 0.2) is 0 Å². The number of benzene rings is 1. The Bertz CT molecular complexity index is 392. The molecule has 1 N–H and O–H groups in total. The zero-order valence-corrected chi connectivity index (χ0v) is 9.43. The van der Waals surface area contributed by atoms with E-state index in [1.54, 1.807) is 0 Å². The molecule has 1 saturated carbocycles. The van der Waals surface area contributed by atoms with Gasteiger partial charge in [-0.2, -0.15) is 13.2 Å². The highest BCUT2D eigenvalue weighted by Crippen LogP contribution is 2.39. The van der Waals surface area contributed by atoms with Gasteiger partial charge in [0.2, 0.25) is 0 Å². The van der Waals surface area contributed by atoms with Gasteiger partial charge < -0.3 is 5.11 Å². The van der Waals surface area contributed by atoms with E-state index >= 15 is 0 Å². The first-order chi connectivity index (χ1) is 7.98. The lowest BCUT2D eigenvalue weighted by molar-refractivity contribution is -0.137. The maximum Gasteiger partial charge on any atom is 0.416 e. The molecule has 0 amide bonds. The molecule has 0 bridgehead atoms. The van der Waals surface area contributed by atoms with Crippen molar-refractivity contribution in [2.45, 2.75) is 44.2 Å². The smallest absolute Gasteiger partial charge is 0.416 e. The van der Waals surface area contributed by atoms with E-state index < -0.39 is 11.7 Å². The number of phenols is 1. The predicted octanol–water partition coefficient (Wildman–Crippen LogP) is 4.46. The fraction of sp³-hybridized carbons (Fsp3) is 0.538. The third-order valence-electron chi connectivity index (χ3n) is 3.40. The fourth-order valence-corrected chi connectivity index (χ4v) is 2.48. The first-order valence-corrected chi connectivity index (χ1v) is 5.88. The standard InChI is InChI=1S/C13H15F3O/c14-13(15,16)10-6-7-11(12(17)8-10)9-4-2-1-3-5-9/h6-9,17H,1-5H2. The monoisotopic (exact) mass is 244 g/mol. The van der Waals surface area contributed by atoms with Crippen molar-refractivity contribution < 1.29 is 18.3 Å². The molecule has 1 aromatic rings. The molecule has 1 aliphatic rings. The Morgan fingerprint density at radius 1 is 1.06 bits per heavy atom. The van der Waals surface area contributed by atoms with Crippen LogP contribution in [0.5, 0.6) is 5.75 Å². The van der Waals surface area contributed by atoms with Crippen LogP contribution in [0.3, 0.4) is 0 Å². The van der Waals surface area contributed by atoms with Crippen molar-refractivity contribution in [1.82, 2.24) is 0 Å². The van der Waals surface area contributed by atoms with Crippen LogP contribution >= 0.6 is 0 Å². The van der Waals surface area contributed by atoms with Gasteiger partial charge in [-0.05, 0) is 36.5 Å². The minimum Gasteiger partial charge on any atom is -0.508 e. The summed E-state index contributed by atoms with van der Waals surface area (Å²) >= 11 is 0. The van der Waals surface area contributed by atoms with E-state index in [-0.39, 0.29) is 11.7 Å². The van der Waals surface area contributed by atoms with Crippen molar-refractivity contribution in [3.63, 3.8) is 0 Å². The molecule has 0 spiro atoms. The quantitative estimate of drug-likeness (QED) is 0.773. The molecule has 1 fully saturated rings. The number of aromatic hydroxyl groups is 1. The number of phenolic OH excluding ortho intramolecular Hbond substituents is 1. The topological polar surface area (TPSA) is 20.2 Å². The van der Waals surface area contributed by atoms with Crippen LogP contribution in [0.4, 0.5) is 13.2 Å². The summed E-state index contributed by atoms with van der Waals surface area (Å²) in [5.74, 6) is -0.00208. The largest absolute Gasteiger partial charge is 0.508 e. The lowest BCUT2D eigenvalue weighted by Crippen LogP contribution is -2.08. The summed E-state index contributed by atoms with van der Waals surface area (Å²) in [5, 5.41) is 9.71. The second-order valence-corrected chi connectivity index (χ2v) is 4.61. The summed E-state index contributed by atoms with van der Waals surface area (Å²) in [6, 6.07) is 3.32. The molecule has 1 aromatic carbocycles. The summed E-state index contributed by atoms with van der Waals surface area (Å²) in [6.45, 7) is 0. The predicted molar refractivity (Wildman–Crippen MR) is 58.9 cm³/mol. The van der Waals surface area contributed by atoms with E-state index in [1.165, 1.54) is 12.5 Å². The van der Waals surface area contributed by atoms with Gasteiger partial charge >= 0.3 is 6.18 Å². The zero-order valence-electron chi connectivity index (χ0n) is 9.43. The minimum atomic E-state index is -4.39. The molecule has 17 heavy (non-hydrogen) atoms. The number of rotatable bonds is 1. The first-order valence-electron chi connectivity index (χ1n) is 5.88. The molecule has 0 aliphatic heterocycles. The van der Waals surface area contributed by atoms with Crippen molar-refractivity contribution in [3.05, 3.63) is 29.3 Å². The van der Waals surface area contributed by atoms with Crippen LogP contribution < -0.4 is 0 Å². The van der Waals surface area contributed by atoms with Crippen molar-refractivity contribution in [2.75, 3.05) is 0 Å². The van der Waals surface area contributed by atoms with E-state index in [1.807, 2.05) is 0 Å². The van der Waals surface area contributed by atoms with Crippen molar-refractivity contribution in [3.8, 4) is 5.75 Å². The maximum absolute atomic E-state index is 12.4. The molecular formula is C13H15F3O. The van der Waals surface area contributed by atoms with Crippen molar-refractivity contribution >= 4 is 0 Å². The van der Waals surface area contributed by atoms with Gasteiger partial charge in [-0.25, -0.2) is 0 Å². The average molecular weight is 244 g/mol.